The summed E-state index contributed by atoms with van der Waals surface area (Å²) in [6.45, 7) is 3.63. The number of fused-ring (bicyclic) bond motifs is 1. The SMILES string of the molecule is O=C(CO[C@H]1CN[C@@H]2CCCO[C@H]12)N1CCCC1. The van der Waals surface area contributed by atoms with E-state index in [1.54, 1.807) is 0 Å². The van der Waals surface area contributed by atoms with Crippen LogP contribution in [0.15, 0.2) is 0 Å². The van der Waals surface area contributed by atoms with Crippen LogP contribution in [0.4, 0.5) is 0 Å². The smallest absolute Gasteiger partial charge is 0.248 e. The summed E-state index contributed by atoms with van der Waals surface area (Å²) < 4.78 is 11.5. The topological polar surface area (TPSA) is 50.8 Å². The first-order valence-electron chi connectivity index (χ1n) is 7.09. The van der Waals surface area contributed by atoms with Crippen molar-refractivity contribution in [1.29, 1.82) is 0 Å². The van der Waals surface area contributed by atoms with Crippen molar-refractivity contribution >= 4 is 5.91 Å². The van der Waals surface area contributed by atoms with Gasteiger partial charge in [-0.3, -0.25) is 4.79 Å². The Morgan fingerprint density at radius 2 is 2.17 bits per heavy atom. The molecule has 0 aromatic rings. The summed E-state index contributed by atoms with van der Waals surface area (Å²) >= 11 is 0. The van der Waals surface area contributed by atoms with E-state index in [9.17, 15) is 4.79 Å². The summed E-state index contributed by atoms with van der Waals surface area (Å²) in [7, 11) is 0. The van der Waals surface area contributed by atoms with Gasteiger partial charge in [0.05, 0.1) is 6.10 Å². The predicted molar refractivity (Wildman–Crippen MR) is 66.3 cm³/mol. The highest BCUT2D eigenvalue weighted by molar-refractivity contribution is 5.77. The van der Waals surface area contributed by atoms with Crippen LogP contribution in [-0.2, 0) is 14.3 Å². The van der Waals surface area contributed by atoms with Gasteiger partial charge in [-0.1, -0.05) is 0 Å². The minimum absolute atomic E-state index is 0.0434. The first-order valence-corrected chi connectivity index (χ1v) is 7.09. The molecule has 0 bridgehead atoms. The first kappa shape index (κ1) is 12.4. The van der Waals surface area contributed by atoms with E-state index in [0.29, 0.717) is 6.04 Å². The maximum Gasteiger partial charge on any atom is 0.248 e. The molecule has 0 aromatic carbocycles. The molecule has 102 valence electrons. The summed E-state index contributed by atoms with van der Waals surface area (Å²) in [5.41, 5.74) is 0. The number of nitrogens with one attached hydrogen (secondary N) is 1. The molecule has 0 spiro atoms. The van der Waals surface area contributed by atoms with Crippen molar-refractivity contribution < 1.29 is 14.3 Å². The Balaban J connectivity index is 1.46. The summed E-state index contributed by atoms with van der Waals surface area (Å²) in [4.78, 5) is 13.8. The van der Waals surface area contributed by atoms with E-state index < -0.39 is 0 Å². The zero-order chi connectivity index (χ0) is 12.4. The van der Waals surface area contributed by atoms with E-state index in [4.69, 9.17) is 9.47 Å². The summed E-state index contributed by atoms with van der Waals surface area (Å²) in [5.74, 6) is 0.131. The predicted octanol–water partition coefficient (Wildman–Crippen LogP) is 0.145. The Morgan fingerprint density at radius 3 is 3.00 bits per heavy atom. The van der Waals surface area contributed by atoms with E-state index in [1.807, 2.05) is 4.90 Å². The minimum Gasteiger partial charge on any atom is -0.374 e. The summed E-state index contributed by atoms with van der Waals surface area (Å²) in [6, 6.07) is 0.422. The van der Waals surface area contributed by atoms with Gasteiger partial charge in [-0.2, -0.15) is 0 Å². The Labute approximate surface area is 108 Å². The van der Waals surface area contributed by atoms with Crippen molar-refractivity contribution in [3.63, 3.8) is 0 Å². The van der Waals surface area contributed by atoms with Crippen molar-refractivity contribution in [2.45, 2.75) is 43.9 Å². The number of hydrogen-bond donors (Lipinski definition) is 1. The molecule has 3 atom stereocenters. The van der Waals surface area contributed by atoms with Crippen molar-refractivity contribution in [2.75, 3.05) is 32.8 Å². The normalized spacial score (nSPS) is 35.8. The van der Waals surface area contributed by atoms with Gasteiger partial charge < -0.3 is 19.7 Å². The Hall–Kier alpha value is -0.650. The molecule has 3 fully saturated rings. The molecule has 3 rings (SSSR count). The molecule has 1 amide bonds. The summed E-state index contributed by atoms with van der Waals surface area (Å²) in [6.07, 6.45) is 4.72. The van der Waals surface area contributed by atoms with Crippen LogP contribution in [0.1, 0.15) is 25.7 Å². The highest BCUT2D eigenvalue weighted by Crippen LogP contribution is 2.23. The van der Waals surface area contributed by atoms with Crippen LogP contribution in [0, 0.1) is 0 Å². The number of hydrogen-bond acceptors (Lipinski definition) is 4. The van der Waals surface area contributed by atoms with Crippen molar-refractivity contribution in [1.82, 2.24) is 10.2 Å². The van der Waals surface area contributed by atoms with E-state index in [0.717, 1.165) is 51.9 Å². The third-order valence-electron chi connectivity index (χ3n) is 4.19. The lowest BCUT2D eigenvalue weighted by Crippen LogP contribution is -2.41. The molecule has 0 aromatic heterocycles. The highest BCUT2D eigenvalue weighted by atomic mass is 16.5. The van der Waals surface area contributed by atoms with Gasteiger partial charge in [-0.05, 0) is 25.7 Å². The number of carbonyl (C=O) groups is 1. The van der Waals surface area contributed by atoms with Crippen LogP contribution >= 0.6 is 0 Å². The molecule has 0 saturated carbocycles. The van der Waals surface area contributed by atoms with Gasteiger partial charge in [0.2, 0.25) is 5.91 Å². The molecule has 1 N–H and O–H groups in total. The Morgan fingerprint density at radius 1 is 1.33 bits per heavy atom. The van der Waals surface area contributed by atoms with Gasteiger partial charge in [-0.25, -0.2) is 0 Å². The van der Waals surface area contributed by atoms with Crippen LogP contribution in [0.3, 0.4) is 0 Å². The largest absolute Gasteiger partial charge is 0.374 e. The number of likely N-dealkylation sites (tertiary alicyclic amines) is 1. The molecule has 0 radical (unpaired) electrons. The Bertz CT molecular complexity index is 305. The van der Waals surface area contributed by atoms with Gasteiger partial charge in [-0.15, -0.1) is 0 Å². The second-order valence-electron chi connectivity index (χ2n) is 5.43. The van der Waals surface area contributed by atoms with Gasteiger partial charge in [0.1, 0.15) is 12.7 Å². The van der Waals surface area contributed by atoms with Crippen molar-refractivity contribution in [2.24, 2.45) is 0 Å². The minimum atomic E-state index is 0.0434. The number of rotatable bonds is 3. The first-order chi connectivity index (χ1) is 8.84. The molecule has 3 heterocycles. The average Bonchev–Trinajstić information content (AvgIpc) is 3.06. The molecular formula is C13H22N2O3. The van der Waals surface area contributed by atoms with Crippen LogP contribution in [-0.4, -0.2) is 61.9 Å². The monoisotopic (exact) mass is 254 g/mol. The average molecular weight is 254 g/mol. The molecule has 3 saturated heterocycles. The van der Waals surface area contributed by atoms with E-state index in [-0.39, 0.29) is 24.7 Å². The van der Waals surface area contributed by atoms with Crippen LogP contribution < -0.4 is 5.32 Å². The van der Waals surface area contributed by atoms with Gasteiger partial charge in [0.25, 0.3) is 0 Å². The highest BCUT2D eigenvalue weighted by Gasteiger charge is 2.39. The van der Waals surface area contributed by atoms with Crippen molar-refractivity contribution in [3.8, 4) is 0 Å². The lowest BCUT2D eigenvalue weighted by atomic mass is 10.0. The van der Waals surface area contributed by atoms with Crippen LogP contribution in [0.5, 0.6) is 0 Å². The third kappa shape index (κ3) is 2.53. The molecule has 5 heteroatoms. The maximum atomic E-state index is 11.9. The van der Waals surface area contributed by atoms with Gasteiger partial charge >= 0.3 is 0 Å². The second-order valence-corrected chi connectivity index (χ2v) is 5.43. The molecule has 0 unspecified atom stereocenters. The van der Waals surface area contributed by atoms with E-state index >= 15 is 0 Å². The van der Waals surface area contributed by atoms with Crippen LogP contribution in [0.2, 0.25) is 0 Å². The number of amides is 1. The standard InChI is InChI=1S/C13H22N2O3/c16-12(15-5-1-2-6-15)9-18-11-8-14-10-4-3-7-17-13(10)11/h10-11,13-14H,1-9H2/t10-,11+,13+/m1/s1. The number of ether oxygens (including phenoxy) is 2. The Kier molecular flexibility index (Phi) is 3.82. The maximum absolute atomic E-state index is 11.9. The van der Waals surface area contributed by atoms with Crippen LogP contribution in [0.25, 0.3) is 0 Å². The molecule has 0 aliphatic carbocycles. The van der Waals surface area contributed by atoms with Gasteiger partial charge in [0.15, 0.2) is 0 Å². The fourth-order valence-corrected chi connectivity index (χ4v) is 3.16. The number of nitrogens with zero attached hydrogens (tertiary/aromatic N) is 1. The quantitative estimate of drug-likeness (QED) is 0.778. The third-order valence-corrected chi connectivity index (χ3v) is 4.19. The fourth-order valence-electron chi connectivity index (χ4n) is 3.16. The lowest BCUT2D eigenvalue weighted by Gasteiger charge is -2.28. The fraction of sp³-hybridized carbons (Fsp3) is 0.923. The second kappa shape index (κ2) is 5.55. The molecular weight excluding hydrogens is 232 g/mol. The van der Waals surface area contributed by atoms with Crippen molar-refractivity contribution in [3.05, 3.63) is 0 Å². The van der Waals surface area contributed by atoms with E-state index in [1.165, 1.54) is 0 Å². The number of carbonyl (C=O) groups excluding carboxylic acids is 1. The van der Waals surface area contributed by atoms with Gasteiger partial charge in [0, 0.05) is 32.3 Å². The molecule has 3 aliphatic rings. The zero-order valence-corrected chi connectivity index (χ0v) is 10.8. The molecule has 5 nitrogen and oxygen atoms in total. The van der Waals surface area contributed by atoms with E-state index in [2.05, 4.69) is 5.32 Å². The molecule has 18 heavy (non-hydrogen) atoms. The lowest BCUT2D eigenvalue weighted by molar-refractivity contribution is -0.140. The zero-order valence-electron chi connectivity index (χ0n) is 10.8. The summed E-state index contributed by atoms with van der Waals surface area (Å²) in [5, 5.41) is 3.43. The molecule has 3 aliphatic heterocycles.